The van der Waals surface area contributed by atoms with Crippen molar-refractivity contribution in [2.75, 3.05) is 5.32 Å². The van der Waals surface area contributed by atoms with E-state index < -0.39 is 0 Å². The molecule has 1 aliphatic carbocycles. The van der Waals surface area contributed by atoms with Crippen molar-refractivity contribution in [3.8, 4) is 6.07 Å². The highest BCUT2D eigenvalue weighted by Gasteiger charge is 2.12. The maximum absolute atomic E-state index is 9.03. The van der Waals surface area contributed by atoms with Gasteiger partial charge >= 0.3 is 0 Å². The van der Waals surface area contributed by atoms with E-state index in [0.717, 1.165) is 5.69 Å². The molecule has 0 spiro atoms. The second-order valence-corrected chi connectivity index (χ2v) is 4.72. The fraction of sp³-hybridized carbons (Fsp3) is 0.571. The Morgan fingerprint density at radius 2 is 1.88 bits per heavy atom. The number of hydrogen-bond acceptors (Lipinski definition) is 3. The van der Waals surface area contributed by atoms with Crippen LogP contribution in [0.25, 0.3) is 0 Å². The van der Waals surface area contributed by atoms with Gasteiger partial charge < -0.3 is 5.32 Å². The maximum atomic E-state index is 9.03. The summed E-state index contributed by atoms with van der Waals surface area (Å²) >= 11 is 0. The van der Waals surface area contributed by atoms with Gasteiger partial charge in [-0.15, -0.1) is 0 Å². The summed E-state index contributed by atoms with van der Waals surface area (Å²) in [6.07, 6.45) is 12.5. The predicted molar refractivity (Wildman–Crippen MR) is 68.7 cm³/mol. The molecule has 1 aromatic rings. The molecule has 90 valence electrons. The van der Waals surface area contributed by atoms with Crippen LogP contribution in [0, 0.1) is 11.3 Å². The number of rotatable bonds is 2. The lowest BCUT2D eigenvalue weighted by Crippen LogP contribution is -2.21. The van der Waals surface area contributed by atoms with Crippen LogP contribution in [-0.4, -0.2) is 11.0 Å². The maximum Gasteiger partial charge on any atom is 0.101 e. The molecule has 1 saturated carbocycles. The van der Waals surface area contributed by atoms with Gasteiger partial charge in [0.05, 0.1) is 17.4 Å². The predicted octanol–water partition coefficient (Wildman–Crippen LogP) is 3.48. The molecule has 3 nitrogen and oxygen atoms in total. The second kappa shape index (κ2) is 6.24. The summed E-state index contributed by atoms with van der Waals surface area (Å²) in [5, 5.41) is 12.5. The highest BCUT2D eigenvalue weighted by molar-refractivity contribution is 5.55. The molecule has 2 rings (SSSR count). The highest BCUT2D eigenvalue weighted by atomic mass is 14.9. The molecule has 0 saturated heterocycles. The van der Waals surface area contributed by atoms with E-state index in [9.17, 15) is 0 Å². The van der Waals surface area contributed by atoms with Crippen LogP contribution < -0.4 is 5.32 Å². The van der Waals surface area contributed by atoms with Crippen LogP contribution in [0.15, 0.2) is 18.5 Å². The lowest BCUT2D eigenvalue weighted by atomic mass is 9.96. The number of nitrogens with zero attached hydrogens (tertiary/aromatic N) is 2. The summed E-state index contributed by atoms with van der Waals surface area (Å²) in [6, 6.07) is 4.49. The topological polar surface area (TPSA) is 48.7 Å². The first-order chi connectivity index (χ1) is 8.40. The third kappa shape index (κ3) is 3.45. The Hall–Kier alpha value is -1.56. The SMILES string of the molecule is N#Cc1ccncc1NC1CCCCCCC1. The summed E-state index contributed by atoms with van der Waals surface area (Å²) in [6.45, 7) is 0. The lowest BCUT2D eigenvalue weighted by molar-refractivity contribution is 0.471. The molecule has 0 radical (unpaired) electrons. The van der Waals surface area contributed by atoms with Gasteiger partial charge in [-0.05, 0) is 18.9 Å². The Morgan fingerprint density at radius 1 is 1.18 bits per heavy atom. The van der Waals surface area contributed by atoms with Crippen LogP contribution in [0.1, 0.15) is 50.5 Å². The van der Waals surface area contributed by atoms with E-state index in [1.54, 1.807) is 18.5 Å². The number of pyridine rings is 1. The molecule has 0 aromatic carbocycles. The Bertz CT molecular complexity index is 387. The number of hydrogen-bond donors (Lipinski definition) is 1. The summed E-state index contributed by atoms with van der Waals surface area (Å²) in [5.74, 6) is 0. The number of anilines is 1. The van der Waals surface area contributed by atoms with Crippen LogP contribution in [0.5, 0.6) is 0 Å². The monoisotopic (exact) mass is 229 g/mol. The minimum absolute atomic E-state index is 0.506. The van der Waals surface area contributed by atoms with Gasteiger partial charge in [0.1, 0.15) is 6.07 Å². The zero-order chi connectivity index (χ0) is 11.9. The Balaban J connectivity index is 2.01. The van der Waals surface area contributed by atoms with Crippen molar-refractivity contribution < 1.29 is 0 Å². The summed E-state index contributed by atoms with van der Waals surface area (Å²) in [5.41, 5.74) is 1.59. The molecule has 1 aliphatic rings. The van der Waals surface area contributed by atoms with Crippen molar-refractivity contribution in [1.82, 2.24) is 4.98 Å². The zero-order valence-electron chi connectivity index (χ0n) is 10.2. The molecule has 1 heterocycles. The van der Waals surface area contributed by atoms with Gasteiger partial charge in [0, 0.05) is 12.2 Å². The minimum atomic E-state index is 0.506. The number of nitriles is 1. The Morgan fingerprint density at radius 3 is 2.59 bits per heavy atom. The summed E-state index contributed by atoms with van der Waals surface area (Å²) in [4.78, 5) is 4.09. The van der Waals surface area contributed by atoms with Gasteiger partial charge in [0.2, 0.25) is 0 Å². The zero-order valence-corrected chi connectivity index (χ0v) is 10.2. The first-order valence-electron chi connectivity index (χ1n) is 6.51. The van der Waals surface area contributed by atoms with E-state index in [1.165, 1.54) is 44.9 Å². The van der Waals surface area contributed by atoms with Crippen LogP contribution in [0.2, 0.25) is 0 Å². The normalized spacial score (nSPS) is 17.8. The van der Waals surface area contributed by atoms with E-state index >= 15 is 0 Å². The fourth-order valence-electron chi connectivity index (χ4n) is 2.43. The number of aromatic nitrogens is 1. The average Bonchev–Trinajstić information content (AvgIpc) is 2.33. The van der Waals surface area contributed by atoms with E-state index in [4.69, 9.17) is 5.26 Å². The molecule has 1 aromatic heterocycles. The molecule has 0 amide bonds. The van der Waals surface area contributed by atoms with Crippen molar-refractivity contribution in [3.05, 3.63) is 24.0 Å². The van der Waals surface area contributed by atoms with Crippen molar-refractivity contribution in [1.29, 1.82) is 5.26 Å². The van der Waals surface area contributed by atoms with Gasteiger partial charge in [-0.1, -0.05) is 32.1 Å². The summed E-state index contributed by atoms with van der Waals surface area (Å²) < 4.78 is 0. The Kier molecular flexibility index (Phi) is 4.37. The van der Waals surface area contributed by atoms with E-state index in [0.29, 0.717) is 11.6 Å². The van der Waals surface area contributed by atoms with Crippen LogP contribution in [0.3, 0.4) is 0 Å². The molecule has 0 bridgehead atoms. The van der Waals surface area contributed by atoms with Gasteiger partial charge in [-0.3, -0.25) is 4.98 Å². The van der Waals surface area contributed by atoms with Gasteiger partial charge in [-0.2, -0.15) is 5.26 Å². The Labute approximate surface area is 103 Å². The molecule has 17 heavy (non-hydrogen) atoms. The molecular formula is C14H19N3. The third-order valence-electron chi connectivity index (χ3n) is 3.41. The van der Waals surface area contributed by atoms with E-state index in [-0.39, 0.29) is 0 Å². The molecule has 1 N–H and O–H groups in total. The first-order valence-corrected chi connectivity index (χ1v) is 6.51. The van der Waals surface area contributed by atoms with Crippen LogP contribution >= 0.6 is 0 Å². The van der Waals surface area contributed by atoms with Gasteiger partial charge in [0.25, 0.3) is 0 Å². The summed E-state index contributed by atoms with van der Waals surface area (Å²) in [7, 11) is 0. The van der Waals surface area contributed by atoms with Crippen molar-refractivity contribution in [3.63, 3.8) is 0 Å². The largest absolute Gasteiger partial charge is 0.380 e. The standard InChI is InChI=1S/C14H19N3/c15-10-12-8-9-16-11-14(12)17-13-6-4-2-1-3-5-7-13/h8-9,11,13,17H,1-7H2. The van der Waals surface area contributed by atoms with Crippen LogP contribution in [0.4, 0.5) is 5.69 Å². The molecular weight excluding hydrogens is 210 g/mol. The van der Waals surface area contributed by atoms with E-state index in [2.05, 4.69) is 16.4 Å². The second-order valence-electron chi connectivity index (χ2n) is 4.72. The van der Waals surface area contributed by atoms with Crippen molar-refractivity contribution >= 4 is 5.69 Å². The average molecular weight is 229 g/mol. The minimum Gasteiger partial charge on any atom is -0.380 e. The molecule has 0 aliphatic heterocycles. The van der Waals surface area contributed by atoms with Gasteiger partial charge in [0.15, 0.2) is 0 Å². The lowest BCUT2D eigenvalue weighted by Gasteiger charge is -2.22. The van der Waals surface area contributed by atoms with Gasteiger partial charge in [-0.25, -0.2) is 0 Å². The molecule has 0 atom stereocenters. The van der Waals surface area contributed by atoms with Crippen LogP contribution in [-0.2, 0) is 0 Å². The quantitative estimate of drug-likeness (QED) is 0.844. The van der Waals surface area contributed by atoms with E-state index in [1.807, 2.05) is 0 Å². The number of nitrogens with one attached hydrogen (secondary N) is 1. The third-order valence-corrected chi connectivity index (χ3v) is 3.41. The smallest absolute Gasteiger partial charge is 0.101 e. The van der Waals surface area contributed by atoms with Crippen molar-refractivity contribution in [2.24, 2.45) is 0 Å². The fourth-order valence-corrected chi connectivity index (χ4v) is 2.43. The highest BCUT2D eigenvalue weighted by Crippen LogP contribution is 2.21. The van der Waals surface area contributed by atoms with Crippen molar-refractivity contribution in [2.45, 2.75) is 51.0 Å². The first kappa shape index (κ1) is 11.9. The molecule has 0 unspecified atom stereocenters. The molecule has 3 heteroatoms. The molecule has 1 fully saturated rings.